The highest BCUT2D eigenvalue weighted by atomic mass is 35.5. The lowest BCUT2D eigenvalue weighted by atomic mass is 10.1. The maximum Gasteiger partial charge on any atom is 0.226 e. The largest absolute Gasteiger partial charge is 0.494 e. The molecular formula is C17H28Cl2FN3O2. The van der Waals surface area contributed by atoms with Gasteiger partial charge in [-0.05, 0) is 24.7 Å². The van der Waals surface area contributed by atoms with E-state index in [9.17, 15) is 9.18 Å². The number of rotatable bonds is 6. The van der Waals surface area contributed by atoms with Crippen LogP contribution in [-0.2, 0) is 11.3 Å². The Balaban J connectivity index is 0.00000288. The van der Waals surface area contributed by atoms with Crippen molar-refractivity contribution < 1.29 is 13.9 Å². The number of nitrogens with zero attached hydrogens (tertiary/aromatic N) is 2. The molecule has 1 atom stereocenters. The third kappa shape index (κ3) is 6.62. The predicted molar refractivity (Wildman–Crippen MR) is 102 cm³/mol. The lowest BCUT2D eigenvalue weighted by molar-refractivity contribution is -0.136. The minimum absolute atomic E-state index is 0. The maximum atomic E-state index is 13.7. The van der Waals surface area contributed by atoms with Crippen molar-refractivity contribution in [3.8, 4) is 5.75 Å². The molecule has 1 aromatic carbocycles. The van der Waals surface area contributed by atoms with Crippen molar-refractivity contribution in [2.45, 2.75) is 13.5 Å². The first kappa shape index (κ1) is 23.9. The highest BCUT2D eigenvalue weighted by Crippen LogP contribution is 2.19. The molecule has 1 amide bonds. The van der Waals surface area contributed by atoms with Gasteiger partial charge in [-0.3, -0.25) is 9.69 Å². The molecule has 0 radical (unpaired) electrons. The van der Waals surface area contributed by atoms with E-state index in [4.69, 9.17) is 4.74 Å². The molecule has 25 heavy (non-hydrogen) atoms. The summed E-state index contributed by atoms with van der Waals surface area (Å²) in [7, 11) is 3.32. The summed E-state index contributed by atoms with van der Waals surface area (Å²) in [6, 6.07) is 5.06. The van der Waals surface area contributed by atoms with Crippen molar-refractivity contribution in [2.24, 2.45) is 5.92 Å². The number of carbonyl (C=O) groups is 1. The number of ether oxygens (including phenoxy) is 1. The lowest BCUT2D eigenvalue weighted by Crippen LogP contribution is -2.50. The van der Waals surface area contributed by atoms with E-state index in [1.807, 2.05) is 24.9 Å². The molecule has 1 N–H and O–H groups in total. The van der Waals surface area contributed by atoms with Crippen LogP contribution in [0.2, 0.25) is 0 Å². The van der Waals surface area contributed by atoms with Gasteiger partial charge >= 0.3 is 0 Å². The molecule has 1 heterocycles. The van der Waals surface area contributed by atoms with Crippen molar-refractivity contribution in [3.63, 3.8) is 0 Å². The molecule has 1 aromatic rings. The van der Waals surface area contributed by atoms with Gasteiger partial charge in [-0.1, -0.05) is 13.0 Å². The molecule has 1 aliphatic rings. The Morgan fingerprint density at radius 1 is 1.28 bits per heavy atom. The molecule has 0 aromatic heterocycles. The topological polar surface area (TPSA) is 44.8 Å². The van der Waals surface area contributed by atoms with E-state index in [1.54, 1.807) is 6.07 Å². The minimum Gasteiger partial charge on any atom is -0.494 e. The predicted octanol–water partition coefficient (Wildman–Crippen LogP) is 2.18. The highest BCUT2D eigenvalue weighted by molar-refractivity contribution is 5.85. The van der Waals surface area contributed by atoms with Gasteiger partial charge in [0.25, 0.3) is 0 Å². The fraction of sp³-hybridized carbons (Fsp3) is 0.588. The molecule has 2 rings (SSSR count). The second-order valence-electron chi connectivity index (χ2n) is 6.03. The molecule has 0 saturated carbocycles. The third-order valence-corrected chi connectivity index (χ3v) is 4.24. The van der Waals surface area contributed by atoms with Gasteiger partial charge in [0.1, 0.15) is 0 Å². The quantitative estimate of drug-likeness (QED) is 0.801. The Morgan fingerprint density at radius 3 is 2.44 bits per heavy atom. The molecular weight excluding hydrogens is 368 g/mol. The number of halogens is 3. The Morgan fingerprint density at radius 2 is 1.92 bits per heavy atom. The van der Waals surface area contributed by atoms with Gasteiger partial charge in [-0.2, -0.15) is 0 Å². The summed E-state index contributed by atoms with van der Waals surface area (Å²) in [6.07, 6.45) is 0. The normalized spacial score (nSPS) is 15.8. The molecule has 1 fully saturated rings. The van der Waals surface area contributed by atoms with Crippen LogP contribution >= 0.6 is 24.8 Å². The standard InChI is InChI=1S/C17H26FN3O2.2ClH/c1-13(11-19-2)17(22)21-8-6-20(7-9-21)12-14-4-5-16(23-3)15(18)10-14;;/h4-5,10,13,19H,6-9,11-12H2,1-3H3;2*1H. The highest BCUT2D eigenvalue weighted by Gasteiger charge is 2.24. The molecule has 0 spiro atoms. The zero-order valence-corrected chi connectivity index (χ0v) is 16.6. The number of nitrogens with one attached hydrogen (secondary N) is 1. The molecule has 1 unspecified atom stereocenters. The van der Waals surface area contributed by atoms with Crippen molar-refractivity contribution in [1.82, 2.24) is 15.1 Å². The van der Waals surface area contributed by atoms with Crippen LogP contribution in [0.3, 0.4) is 0 Å². The SMILES string of the molecule is CNCC(C)C(=O)N1CCN(Cc2ccc(OC)c(F)c2)CC1.Cl.Cl. The second-order valence-corrected chi connectivity index (χ2v) is 6.03. The zero-order valence-electron chi connectivity index (χ0n) is 15.0. The molecule has 0 bridgehead atoms. The molecule has 1 saturated heterocycles. The third-order valence-electron chi connectivity index (χ3n) is 4.24. The van der Waals surface area contributed by atoms with Gasteiger partial charge in [-0.25, -0.2) is 4.39 Å². The fourth-order valence-electron chi connectivity index (χ4n) is 2.90. The number of amides is 1. The summed E-state index contributed by atoms with van der Waals surface area (Å²) < 4.78 is 18.7. The minimum atomic E-state index is -0.334. The summed E-state index contributed by atoms with van der Waals surface area (Å²) in [5.41, 5.74) is 0.923. The van der Waals surface area contributed by atoms with Gasteiger partial charge in [-0.15, -0.1) is 24.8 Å². The van der Waals surface area contributed by atoms with E-state index in [1.165, 1.54) is 13.2 Å². The van der Waals surface area contributed by atoms with Crippen LogP contribution in [0.4, 0.5) is 4.39 Å². The van der Waals surface area contributed by atoms with Crippen molar-refractivity contribution in [2.75, 3.05) is 46.9 Å². The first-order valence-electron chi connectivity index (χ1n) is 8.03. The molecule has 144 valence electrons. The molecule has 0 aliphatic carbocycles. The summed E-state index contributed by atoms with van der Waals surface area (Å²) in [6.45, 7) is 6.42. The number of hydrogen-bond acceptors (Lipinski definition) is 4. The Bertz CT molecular complexity index is 541. The first-order valence-corrected chi connectivity index (χ1v) is 8.03. The Hall–Kier alpha value is -1.08. The monoisotopic (exact) mass is 395 g/mol. The summed E-state index contributed by atoms with van der Waals surface area (Å²) in [5, 5.41) is 3.04. The van der Waals surface area contributed by atoms with Gasteiger partial charge in [0, 0.05) is 45.2 Å². The van der Waals surface area contributed by atoms with E-state index in [-0.39, 0.29) is 48.2 Å². The van der Waals surface area contributed by atoms with Gasteiger partial charge in [0.15, 0.2) is 11.6 Å². The Labute approximate surface area is 161 Å². The second kappa shape index (κ2) is 11.5. The Kier molecular flexibility index (Phi) is 11.0. The van der Waals surface area contributed by atoms with Crippen LogP contribution in [0.5, 0.6) is 5.75 Å². The van der Waals surface area contributed by atoms with Gasteiger partial charge < -0.3 is 15.0 Å². The van der Waals surface area contributed by atoms with E-state index < -0.39 is 0 Å². The van der Waals surface area contributed by atoms with Gasteiger partial charge in [0.05, 0.1) is 7.11 Å². The molecule has 1 aliphatic heterocycles. The van der Waals surface area contributed by atoms with E-state index >= 15 is 0 Å². The number of piperazine rings is 1. The average molecular weight is 396 g/mol. The summed E-state index contributed by atoms with van der Waals surface area (Å²) in [5.74, 6) is 0.138. The number of benzene rings is 1. The average Bonchev–Trinajstić information content (AvgIpc) is 2.55. The zero-order chi connectivity index (χ0) is 16.8. The van der Waals surface area contributed by atoms with Crippen LogP contribution in [0.1, 0.15) is 12.5 Å². The van der Waals surface area contributed by atoms with E-state index in [0.29, 0.717) is 13.1 Å². The van der Waals surface area contributed by atoms with Crippen LogP contribution in [-0.4, -0.2) is 62.6 Å². The summed E-state index contributed by atoms with van der Waals surface area (Å²) in [4.78, 5) is 16.4. The maximum absolute atomic E-state index is 13.7. The fourth-order valence-corrected chi connectivity index (χ4v) is 2.90. The van der Waals surface area contributed by atoms with Crippen LogP contribution < -0.4 is 10.1 Å². The van der Waals surface area contributed by atoms with Gasteiger partial charge in [0.2, 0.25) is 5.91 Å². The van der Waals surface area contributed by atoms with Crippen molar-refractivity contribution >= 4 is 30.7 Å². The number of methoxy groups -OCH3 is 1. The van der Waals surface area contributed by atoms with Crippen LogP contribution in [0.25, 0.3) is 0 Å². The number of carbonyl (C=O) groups excluding carboxylic acids is 1. The lowest BCUT2D eigenvalue weighted by Gasteiger charge is -2.36. The smallest absolute Gasteiger partial charge is 0.226 e. The summed E-state index contributed by atoms with van der Waals surface area (Å²) >= 11 is 0. The van der Waals surface area contributed by atoms with E-state index in [2.05, 4.69) is 10.2 Å². The molecule has 5 nitrogen and oxygen atoms in total. The van der Waals surface area contributed by atoms with Crippen LogP contribution in [0, 0.1) is 11.7 Å². The molecule has 8 heteroatoms. The number of hydrogen-bond donors (Lipinski definition) is 1. The first-order chi connectivity index (χ1) is 11.0. The van der Waals surface area contributed by atoms with Crippen LogP contribution in [0.15, 0.2) is 18.2 Å². The van der Waals surface area contributed by atoms with Crippen molar-refractivity contribution in [1.29, 1.82) is 0 Å². The van der Waals surface area contributed by atoms with E-state index in [0.717, 1.165) is 31.7 Å². The van der Waals surface area contributed by atoms with Crippen molar-refractivity contribution in [3.05, 3.63) is 29.6 Å².